The molecule has 1 heterocycles. The summed E-state index contributed by atoms with van der Waals surface area (Å²) in [6.07, 6.45) is 1.93. The number of anilines is 1. The number of methoxy groups -OCH3 is 1. The Bertz CT molecular complexity index is 599. The van der Waals surface area contributed by atoms with E-state index in [0.717, 1.165) is 38.4 Å². The van der Waals surface area contributed by atoms with Gasteiger partial charge in [-0.05, 0) is 25.1 Å². The molecule has 1 aromatic rings. The van der Waals surface area contributed by atoms with E-state index < -0.39 is 9.84 Å². The van der Waals surface area contributed by atoms with Gasteiger partial charge >= 0.3 is 0 Å². The van der Waals surface area contributed by atoms with Crippen molar-refractivity contribution in [3.63, 3.8) is 0 Å². The van der Waals surface area contributed by atoms with E-state index in [9.17, 15) is 12.8 Å². The summed E-state index contributed by atoms with van der Waals surface area (Å²) in [7, 11) is -1.34. The Morgan fingerprint density at radius 1 is 1.23 bits per heavy atom. The van der Waals surface area contributed by atoms with Crippen LogP contribution in [0.4, 0.5) is 10.1 Å². The molecule has 0 saturated carbocycles. The van der Waals surface area contributed by atoms with E-state index in [0.29, 0.717) is 12.2 Å². The number of sulfone groups is 1. The van der Waals surface area contributed by atoms with Gasteiger partial charge in [0.05, 0.1) is 18.6 Å². The summed E-state index contributed by atoms with van der Waals surface area (Å²) in [5, 5.41) is 0. The van der Waals surface area contributed by atoms with Crippen molar-refractivity contribution in [3.8, 4) is 5.75 Å². The average molecular weight is 330 g/mol. The first-order valence-electron chi connectivity index (χ1n) is 7.37. The number of ether oxygens (including phenoxy) is 1. The predicted octanol–water partition coefficient (Wildman–Crippen LogP) is 1.39. The lowest BCUT2D eigenvalue weighted by atomic mass is 10.2. The summed E-state index contributed by atoms with van der Waals surface area (Å²) >= 11 is 0. The minimum atomic E-state index is -2.88. The standard InChI is InChI=1S/C15H23FN2O3S/c1-21-15-12-13(16)4-5-14(15)18-9-7-17(8-10-18)6-3-11-22(2,19)20/h4-5,12H,3,6-11H2,1-2H3. The highest BCUT2D eigenvalue weighted by atomic mass is 32.2. The molecular formula is C15H23FN2O3S. The van der Waals surface area contributed by atoms with Crippen molar-refractivity contribution in [2.24, 2.45) is 0 Å². The Morgan fingerprint density at radius 3 is 2.50 bits per heavy atom. The maximum Gasteiger partial charge on any atom is 0.147 e. The number of rotatable bonds is 6. The Morgan fingerprint density at radius 2 is 1.91 bits per heavy atom. The van der Waals surface area contributed by atoms with Crippen LogP contribution in [0.3, 0.4) is 0 Å². The second-order valence-corrected chi connectivity index (χ2v) is 7.89. The molecule has 0 N–H and O–H groups in total. The van der Waals surface area contributed by atoms with Crippen LogP contribution in [0.1, 0.15) is 6.42 Å². The molecule has 1 aliphatic rings. The molecule has 0 radical (unpaired) electrons. The Kier molecular flexibility index (Phi) is 5.63. The normalized spacial score (nSPS) is 16.8. The fourth-order valence-corrected chi connectivity index (χ4v) is 3.33. The largest absolute Gasteiger partial charge is 0.494 e. The molecule has 0 unspecified atom stereocenters. The fraction of sp³-hybridized carbons (Fsp3) is 0.600. The maximum atomic E-state index is 13.2. The third kappa shape index (κ3) is 4.84. The number of piperazine rings is 1. The zero-order valence-electron chi connectivity index (χ0n) is 13.1. The van der Waals surface area contributed by atoms with E-state index in [2.05, 4.69) is 9.80 Å². The molecule has 1 fully saturated rings. The predicted molar refractivity (Wildman–Crippen MR) is 85.9 cm³/mol. The molecule has 0 aromatic heterocycles. The highest BCUT2D eigenvalue weighted by molar-refractivity contribution is 7.90. The van der Waals surface area contributed by atoms with Gasteiger partial charge in [-0.25, -0.2) is 12.8 Å². The number of nitrogens with zero attached hydrogens (tertiary/aromatic N) is 2. The zero-order chi connectivity index (χ0) is 16.2. The second-order valence-electron chi connectivity index (χ2n) is 5.63. The fourth-order valence-electron chi connectivity index (χ4n) is 2.68. The van der Waals surface area contributed by atoms with Crippen LogP contribution < -0.4 is 9.64 Å². The van der Waals surface area contributed by atoms with Crippen LogP contribution >= 0.6 is 0 Å². The first-order chi connectivity index (χ1) is 10.4. The Balaban J connectivity index is 1.87. The van der Waals surface area contributed by atoms with Crippen molar-refractivity contribution in [2.45, 2.75) is 6.42 Å². The molecule has 124 valence electrons. The summed E-state index contributed by atoms with van der Waals surface area (Å²) < 4.78 is 40.8. The van der Waals surface area contributed by atoms with Gasteiger partial charge in [-0.2, -0.15) is 0 Å². The van der Waals surface area contributed by atoms with Gasteiger partial charge in [0, 0.05) is 38.5 Å². The second kappa shape index (κ2) is 7.28. The Labute approximate surface area is 131 Å². The van der Waals surface area contributed by atoms with Gasteiger partial charge in [-0.15, -0.1) is 0 Å². The monoisotopic (exact) mass is 330 g/mol. The van der Waals surface area contributed by atoms with Crippen molar-refractivity contribution >= 4 is 15.5 Å². The van der Waals surface area contributed by atoms with Gasteiger partial charge in [0.2, 0.25) is 0 Å². The van der Waals surface area contributed by atoms with E-state index in [1.807, 2.05) is 0 Å². The smallest absolute Gasteiger partial charge is 0.147 e. The van der Waals surface area contributed by atoms with Crippen LogP contribution in [0.2, 0.25) is 0 Å². The number of hydrogen-bond donors (Lipinski definition) is 0. The van der Waals surface area contributed by atoms with Crippen LogP contribution in [0.5, 0.6) is 5.75 Å². The number of benzene rings is 1. The molecule has 0 aliphatic carbocycles. The lowest BCUT2D eigenvalue weighted by Crippen LogP contribution is -2.47. The Hall–Kier alpha value is -1.34. The minimum Gasteiger partial charge on any atom is -0.494 e. The van der Waals surface area contributed by atoms with Crippen LogP contribution in [0.25, 0.3) is 0 Å². The van der Waals surface area contributed by atoms with E-state index in [1.54, 1.807) is 13.2 Å². The molecule has 0 atom stereocenters. The van der Waals surface area contributed by atoms with Gasteiger partial charge in [-0.3, -0.25) is 4.90 Å². The van der Waals surface area contributed by atoms with Gasteiger partial charge in [0.1, 0.15) is 21.4 Å². The molecule has 22 heavy (non-hydrogen) atoms. The zero-order valence-corrected chi connectivity index (χ0v) is 13.9. The van der Waals surface area contributed by atoms with Crippen molar-refractivity contribution in [1.82, 2.24) is 4.90 Å². The molecule has 2 rings (SSSR count). The van der Waals surface area contributed by atoms with Gasteiger partial charge in [0.15, 0.2) is 0 Å². The summed E-state index contributed by atoms with van der Waals surface area (Å²) in [6, 6.07) is 4.58. The summed E-state index contributed by atoms with van der Waals surface area (Å²) in [6.45, 7) is 4.16. The topological polar surface area (TPSA) is 49.9 Å². The molecule has 1 saturated heterocycles. The lowest BCUT2D eigenvalue weighted by molar-refractivity contribution is 0.258. The maximum absolute atomic E-state index is 13.2. The highest BCUT2D eigenvalue weighted by Crippen LogP contribution is 2.29. The highest BCUT2D eigenvalue weighted by Gasteiger charge is 2.20. The molecule has 5 nitrogen and oxygen atoms in total. The van der Waals surface area contributed by atoms with E-state index in [4.69, 9.17) is 4.74 Å². The number of halogens is 1. The first-order valence-corrected chi connectivity index (χ1v) is 9.43. The summed E-state index contributed by atoms with van der Waals surface area (Å²) in [5.41, 5.74) is 0.902. The van der Waals surface area contributed by atoms with Crippen LogP contribution in [-0.2, 0) is 9.84 Å². The van der Waals surface area contributed by atoms with Crippen molar-refractivity contribution < 1.29 is 17.5 Å². The minimum absolute atomic E-state index is 0.235. The third-order valence-electron chi connectivity index (χ3n) is 3.84. The van der Waals surface area contributed by atoms with Crippen molar-refractivity contribution in [2.75, 3.05) is 56.7 Å². The molecule has 7 heteroatoms. The van der Waals surface area contributed by atoms with Gasteiger partial charge in [0.25, 0.3) is 0 Å². The molecule has 0 amide bonds. The molecule has 1 aliphatic heterocycles. The van der Waals surface area contributed by atoms with E-state index in [1.165, 1.54) is 18.4 Å². The van der Waals surface area contributed by atoms with Crippen molar-refractivity contribution in [3.05, 3.63) is 24.0 Å². The molecule has 1 aromatic carbocycles. The van der Waals surface area contributed by atoms with Crippen molar-refractivity contribution in [1.29, 1.82) is 0 Å². The van der Waals surface area contributed by atoms with E-state index in [-0.39, 0.29) is 11.6 Å². The lowest BCUT2D eigenvalue weighted by Gasteiger charge is -2.36. The SMILES string of the molecule is COc1cc(F)ccc1N1CCN(CCCS(C)(=O)=O)CC1. The van der Waals surface area contributed by atoms with Gasteiger partial charge < -0.3 is 9.64 Å². The summed E-state index contributed by atoms with van der Waals surface area (Å²) in [4.78, 5) is 4.43. The van der Waals surface area contributed by atoms with Gasteiger partial charge in [-0.1, -0.05) is 0 Å². The molecular weight excluding hydrogens is 307 g/mol. The number of hydrogen-bond acceptors (Lipinski definition) is 5. The first kappa shape index (κ1) is 17.0. The van der Waals surface area contributed by atoms with Crippen LogP contribution in [-0.4, -0.2) is 65.2 Å². The van der Waals surface area contributed by atoms with E-state index >= 15 is 0 Å². The quantitative estimate of drug-likeness (QED) is 0.789. The summed E-state index contributed by atoms with van der Waals surface area (Å²) in [5.74, 6) is 0.476. The molecule has 0 bridgehead atoms. The average Bonchev–Trinajstić information content (AvgIpc) is 2.47. The third-order valence-corrected chi connectivity index (χ3v) is 4.87. The van der Waals surface area contributed by atoms with Crippen LogP contribution in [0, 0.1) is 5.82 Å². The van der Waals surface area contributed by atoms with Crippen LogP contribution in [0.15, 0.2) is 18.2 Å². The molecule has 0 spiro atoms.